The lowest BCUT2D eigenvalue weighted by molar-refractivity contribution is 0.0730. The van der Waals surface area contributed by atoms with Gasteiger partial charge in [0, 0.05) is 19.0 Å². The van der Waals surface area contributed by atoms with Crippen molar-refractivity contribution >= 4 is 21.6 Å². The minimum atomic E-state index is -3.73. The number of ether oxygens (including phenoxy) is 2. The number of nitrogens with zero attached hydrogens (tertiary/aromatic N) is 3. The lowest BCUT2D eigenvalue weighted by atomic mass is 10.2. The predicted molar refractivity (Wildman–Crippen MR) is 126 cm³/mol. The first-order chi connectivity index (χ1) is 16.5. The van der Waals surface area contributed by atoms with E-state index >= 15 is 0 Å². The molecule has 0 bridgehead atoms. The molecular formula is C24H26N4O5S. The second-order valence-corrected chi connectivity index (χ2v) is 10.2. The summed E-state index contributed by atoms with van der Waals surface area (Å²) in [7, 11) is -2.26. The zero-order valence-corrected chi connectivity index (χ0v) is 19.6. The molecule has 2 heterocycles. The van der Waals surface area contributed by atoms with Gasteiger partial charge in [-0.1, -0.05) is 18.2 Å². The monoisotopic (exact) mass is 482 g/mol. The van der Waals surface area contributed by atoms with Crippen LogP contribution in [0.1, 0.15) is 34.9 Å². The minimum absolute atomic E-state index is 0.0840. The third-order valence-corrected chi connectivity index (χ3v) is 7.88. The number of nitrogens with one attached hydrogen (secondary N) is 1. The first kappa shape index (κ1) is 22.6. The summed E-state index contributed by atoms with van der Waals surface area (Å²) >= 11 is 0. The molecule has 1 aliphatic carbocycles. The van der Waals surface area contributed by atoms with Gasteiger partial charge in [0.25, 0.3) is 5.91 Å². The van der Waals surface area contributed by atoms with Crippen molar-refractivity contribution in [2.75, 3.05) is 38.7 Å². The van der Waals surface area contributed by atoms with Gasteiger partial charge in [-0.3, -0.25) is 4.79 Å². The molecular weight excluding hydrogens is 456 g/mol. The standard InChI is InChI=1S/C24H26N4O5S/c1-32-23-10-9-19(34(30,31)27-11-13-33-14-12-27)15-21(23)25-24(29)22-16-20(17-7-8-17)26-28(22)18-5-3-2-4-6-18/h2-6,9-10,15-17H,7-8,11-14H2,1H3,(H,25,29). The van der Waals surface area contributed by atoms with Gasteiger partial charge in [-0.25, -0.2) is 13.1 Å². The first-order valence-corrected chi connectivity index (χ1v) is 12.6. The molecule has 1 saturated carbocycles. The Balaban J connectivity index is 1.47. The summed E-state index contributed by atoms with van der Waals surface area (Å²) in [5, 5.41) is 7.52. The Labute approximate surface area is 198 Å². The summed E-state index contributed by atoms with van der Waals surface area (Å²) in [6, 6.07) is 15.7. The van der Waals surface area contributed by atoms with E-state index in [1.165, 1.54) is 23.5 Å². The van der Waals surface area contributed by atoms with Crippen molar-refractivity contribution in [3.05, 3.63) is 66.0 Å². The van der Waals surface area contributed by atoms with E-state index in [0.717, 1.165) is 24.2 Å². The molecule has 1 N–H and O–H groups in total. The highest BCUT2D eigenvalue weighted by atomic mass is 32.2. The number of aromatic nitrogens is 2. The summed E-state index contributed by atoms with van der Waals surface area (Å²) in [6.45, 7) is 1.28. The van der Waals surface area contributed by atoms with Gasteiger partial charge in [-0.15, -0.1) is 0 Å². The molecule has 178 valence electrons. The molecule has 1 saturated heterocycles. The maximum atomic E-state index is 13.4. The average molecular weight is 483 g/mol. The lowest BCUT2D eigenvalue weighted by Gasteiger charge is -2.26. The molecule has 1 aromatic heterocycles. The number of hydrogen-bond acceptors (Lipinski definition) is 6. The van der Waals surface area contributed by atoms with Crippen LogP contribution in [0, 0.1) is 0 Å². The van der Waals surface area contributed by atoms with E-state index < -0.39 is 15.9 Å². The topological polar surface area (TPSA) is 103 Å². The van der Waals surface area contributed by atoms with Gasteiger partial charge in [0.05, 0.1) is 42.3 Å². The van der Waals surface area contributed by atoms with Crippen molar-refractivity contribution in [3.8, 4) is 11.4 Å². The second kappa shape index (κ2) is 9.21. The van der Waals surface area contributed by atoms with Crippen LogP contribution in [-0.2, 0) is 14.8 Å². The van der Waals surface area contributed by atoms with Gasteiger partial charge in [-0.2, -0.15) is 9.40 Å². The number of carbonyl (C=O) groups is 1. The quantitative estimate of drug-likeness (QED) is 0.555. The predicted octanol–water partition coefficient (Wildman–Crippen LogP) is 3.03. The number of hydrogen-bond donors (Lipinski definition) is 1. The summed E-state index contributed by atoms with van der Waals surface area (Å²) in [6.07, 6.45) is 2.12. The van der Waals surface area contributed by atoms with Crippen LogP contribution in [0.15, 0.2) is 59.5 Å². The number of rotatable bonds is 7. The number of anilines is 1. The normalized spacial score (nSPS) is 16.9. The number of benzene rings is 2. The molecule has 0 unspecified atom stereocenters. The number of para-hydroxylation sites is 1. The molecule has 5 rings (SSSR count). The molecule has 1 amide bonds. The van der Waals surface area contributed by atoms with Gasteiger partial charge >= 0.3 is 0 Å². The zero-order chi connectivity index (χ0) is 23.7. The molecule has 3 aromatic rings. The highest BCUT2D eigenvalue weighted by Gasteiger charge is 2.30. The smallest absolute Gasteiger partial charge is 0.274 e. The van der Waals surface area contributed by atoms with Crippen LogP contribution in [-0.4, -0.2) is 61.8 Å². The van der Waals surface area contributed by atoms with E-state index in [9.17, 15) is 13.2 Å². The van der Waals surface area contributed by atoms with E-state index in [0.29, 0.717) is 30.6 Å². The van der Waals surface area contributed by atoms with Gasteiger partial charge in [0.2, 0.25) is 10.0 Å². The summed E-state index contributed by atoms with van der Waals surface area (Å²) in [5.74, 6) is 0.331. The maximum absolute atomic E-state index is 13.4. The fraction of sp³-hybridized carbons (Fsp3) is 0.333. The fourth-order valence-corrected chi connectivity index (χ4v) is 5.41. The molecule has 10 heteroatoms. The van der Waals surface area contributed by atoms with Crippen molar-refractivity contribution in [1.82, 2.24) is 14.1 Å². The van der Waals surface area contributed by atoms with Gasteiger partial charge in [0.15, 0.2) is 0 Å². The van der Waals surface area contributed by atoms with Gasteiger partial charge in [-0.05, 0) is 49.2 Å². The summed E-state index contributed by atoms with van der Waals surface area (Å²) in [5.41, 5.74) is 2.30. The zero-order valence-electron chi connectivity index (χ0n) is 18.8. The van der Waals surface area contributed by atoms with Crippen LogP contribution in [0.4, 0.5) is 5.69 Å². The second-order valence-electron chi connectivity index (χ2n) is 8.31. The third-order valence-electron chi connectivity index (χ3n) is 5.98. The molecule has 34 heavy (non-hydrogen) atoms. The van der Waals surface area contributed by atoms with Crippen LogP contribution >= 0.6 is 0 Å². The highest BCUT2D eigenvalue weighted by molar-refractivity contribution is 7.89. The van der Waals surface area contributed by atoms with Crippen LogP contribution in [0.3, 0.4) is 0 Å². The minimum Gasteiger partial charge on any atom is -0.495 e. The lowest BCUT2D eigenvalue weighted by Crippen LogP contribution is -2.40. The molecule has 0 spiro atoms. The van der Waals surface area contributed by atoms with Crippen molar-refractivity contribution < 1.29 is 22.7 Å². The molecule has 2 fully saturated rings. The highest BCUT2D eigenvalue weighted by Crippen LogP contribution is 2.40. The van der Waals surface area contributed by atoms with Crippen molar-refractivity contribution in [2.45, 2.75) is 23.7 Å². The summed E-state index contributed by atoms with van der Waals surface area (Å²) < 4.78 is 39.9. The molecule has 0 radical (unpaired) electrons. The number of carbonyl (C=O) groups excluding carboxylic acids is 1. The first-order valence-electron chi connectivity index (χ1n) is 11.2. The van der Waals surface area contributed by atoms with Gasteiger partial charge in [0.1, 0.15) is 11.4 Å². The fourth-order valence-electron chi connectivity index (χ4n) is 3.97. The number of amides is 1. The Hall–Kier alpha value is -3.21. The van der Waals surface area contributed by atoms with E-state index in [2.05, 4.69) is 10.4 Å². The van der Waals surface area contributed by atoms with Crippen molar-refractivity contribution in [3.63, 3.8) is 0 Å². The van der Waals surface area contributed by atoms with E-state index in [1.54, 1.807) is 16.8 Å². The number of methoxy groups -OCH3 is 1. The molecule has 0 atom stereocenters. The van der Waals surface area contributed by atoms with Crippen LogP contribution in [0.25, 0.3) is 5.69 Å². The SMILES string of the molecule is COc1ccc(S(=O)(=O)N2CCOCC2)cc1NC(=O)c1cc(C2CC2)nn1-c1ccccc1. The molecule has 2 aromatic carbocycles. The largest absolute Gasteiger partial charge is 0.495 e. The Morgan fingerprint density at radius 1 is 1.09 bits per heavy atom. The number of sulfonamides is 1. The van der Waals surface area contributed by atoms with Crippen molar-refractivity contribution in [2.24, 2.45) is 0 Å². The Morgan fingerprint density at radius 2 is 1.82 bits per heavy atom. The average Bonchev–Trinajstić information content (AvgIpc) is 3.63. The van der Waals surface area contributed by atoms with Gasteiger partial charge < -0.3 is 14.8 Å². The van der Waals surface area contributed by atoms with Crippen LogP contribution in [0.2, 0.25) is 0 Å². The Kier molecular flexibility index (Phi) is 6.11. The van der Waals surface area contributed by atoms with Crippen LogP contribution in [0.5, 0.6) is 5.75 Å². The summed E-state index contributed by atoms with van der Waals surface area (Å²) in [4.78, 5) is 13.5. The van der Waals surface area contributed by atoms with Crippen molar-refractivity contribution in [1.29, 1.82) is 0 Å². The third kappa shape index (κ3) is 4.44. The Bertz CT molecular complexity index is 1300. The van der Waals surface area contributed by atoms with Crippen LogP contribution < -0.4 is 10.1 Å². The number of morpholine rings is 1. The molecule has 9 nitrogen and oxygen atoms in total. The van der Waals surface area contributed by atoms with E-state index in [1.807, 2.05) is 30.3 Å². The van der Waals surface area contributed by atoms with E-state index in [-0.39, 0.29) is 23.7 Å². The molecule has 1 aliphatic heterocycles. The Morgan fingerprint density at radius 3 is 2.50 bits per heavy atom. The van der Waals surface area contributed by atoms with E-state index in [4.69, 9.17) is 9.47 Å². The molecule has 2 aliphatic rings. The maximum Gasteiger partial charge on any atom is 0.274 e.